The highest BCUT2D eigenvalue weighted by Gasteiger charge is 2.13. The molecule has 0 radical (unpaired) electrons. The fraction of sp³-hybridized carbons (Fsp3) is 0.267. The van der Waals surface area contributed by atoms with Crippen molar-refractivity contribution < 1.29 is 14.3 Å². The van der Waals surface area contributed by atoms with Crippen LogP contribution in [0.4, 0.5) is 0 Å². The summed E-state index contributed by atoms with van der Waals surface area (Å²) in [7, 11) is 0. The number of amides is 1. The normalized spacial score (nSPS) is 10.8. The van der Waals surface area contributed by atoms with Crippen LogP contribution < -0.4 is 5.32 Å². The second kappa shape index (κ2) is 7.07. The molecular formula is C15H14BrClN2O3. The van der Waals surface area contributed by atoms with E-state index in [9.17, 15) is 9.59 Å². The Hall–Kier alpha value is -1.66. The largest absolute Gasteiger partial charge is 0.462 e. The maximum atomic E-state index is 12.0. The van der Waals surface area contributed by atoms with Gasteiger partial charge in [-0.25, -0.2) is 4.98 Å². The van der Waals surface area contributed by atoms with Gasteiger partial charge >= 0.3 is 5.97 Å². The minimum Gasteiger partial charge on any atom is -0.462 e. The number of fused-ring (bicyclic) bond motifs is 1. The van der Waals surface area contributed by atoms with Crippen LogP contribution in [0.3, 0.4) is 0 Å². The number of ether oxygens (including phenoxy) is 1. The predicted molar refractivity (Wildman–Crippen MR) is 88.0 cm³/mol. The average molecular weight is 386 g/mol. The van der Waals surface area contributed by atoms with Crippen molar-refractivity contribution >= 4 is 50.2 Å². The highest BCUT2D eigenvalue weighted by atomic mass is 79.9. The highest BCUT2D eigenvalue weighted by molar-refractivity contribution is 9.10. The van der Waals surface area contributed by atoms with Crippen molar-refractivity contribution in [3.05, 3.63) is 39.6 Å². The van der Waals surface area contributed by atoms with Crippen LogP contribution in [0.15, 0.2) is 28.7 Å². The molecule has 2 rings (SSSR count). The van der Waals surface area contributed by atoms with Crippen LogP contribution in [0.25, 0.3) is 10.8 Å². The maximum absolute atomic E-state index is 12.0. The van der Waals surface area contributed by atoms with E-state index >= 15 is 0 Å². The quantitative estimate of drug-likeness (QED) is 0.647. The van der Waals surface area contributed by atoms with E-state index in [1.54, 1.807) is 19.9 Å². The van der Waals surface area contributed by atoms with Gasteiger partial charge in [0.25, 0.3) is 5.91 Å². The lowest BCUT2D eigenvalue weighted by atomic mass is 10.1. The third-order valence-electron chi connectivity index (χ3n) is 2.74. The van der Waals surface area contributed by atoms with E-state index in [-0.39, 0.29) is 23.5 Å². The Balaban J connectivity index is 2.15. The van der Waals surface area contributed by atoms with Crippen LogP contribution in [-0.2, 0) is 9.53 Å². The van der Waals surface area contributed by atoms with Crippen LogP contribution in [0.1, 0.15) is 24.3 Å². The number of rotatable bonds is 4. The van der Waals surface area contributed by atoms with Gasteiger partial charge in [0.05, 0.1) is 6.10 Å². The molecule has 0 fully saturated rings. The molecule has 22 heavy (non-hydrogen) atoms. The Morgan fingerprint density at radius 2 is 2.09 bits per heavy atom. The zero-order chi connectivity index (χ0) is 16.3. The first-order valence-corrected chi connectivity index (χ1v) is 7.77. The van der Waals surface area contributed by atoms with E-state index in [0.717, 1.165) is 15.2 Å². The summed E-state index contributed by atoms with van der Waals surface area (Å²) >= 11 is 9.46. The molecule has 7 heteroatoms. The third kappa shape index (κ3) is 4.18. The number of carbonyl (C=O) groups is 2. The van der Waals surface area contributed by atoms with Gasteiger partial charge in [0, 0.05) is 9.86 Å². The zero-order valence-electron chi connectivity index (χ0n) is 12.0. The van der Waals surface area contributed by atoms with Gasteiger partial charge in [0.15, 0.2) is 0 Å². The summed E-state index contributed by atoms with van der Waals surface area (Å²) in [5, 5.41) is 4.23. The van der Waals surface area contributed by atoms with Crippen molar-refractivity contribution in [3.63, 3.8) is 0 Å². The summed E-state index contributed by atoms with van der Waals surface area (Å²) in [5.41, 5.74) is 0.150. The minimum atomic E-state index is -0.501. The molecule has 5 nitrogen and oxygen atoms in total. The molecule has 2 aromatic rings. The number of carbonyl (C=O) groups excluding carboxylic acids is 2. The summed E-state index contributed by atoms with van der Waals surface area (Å²) in [6, 6.07) is 7.13. The summed E-state index contributed by atoms with van der Waals surface area (Å²) < 4.78 is 5.81. The maximum Gasteiger partial charge on any atom is 0.325 e. The van der Waals surface area contributed by atoms with Crippen molar-refractivity contribution in [1.82, 2.24) is 10.3 Å². The summed E-state index contributed by atoms with van der Waals surface area (Å²) in [6.45, 7) is 3.26. The number of halogens is 2. The summed E-state index contributed by atoms with van der Waals surface area (Å²) in [4.78, 5) is 27.5. The van der Waals surface area contributed by atoms with E-state index in [1.807, 2.05) is 18.2 Å². The van der Waals surface area contributed by atoms with Crippen molar-refractivity contribution in [2.45, 2.75) is 20.0 Å². The number of nitrogens with zero attached hydrogens (tertiary/aromatic N) is 1. The topological polar surface area (TPSA) is 68.3 Å². The second-order valence-electron chi connectivity index (χ2n) is 4.89. The van der Waals surface area contributed by atoms with E-state index in [1.165, 1.54) is 0 Å². The number of esters is 1. The standard InChI is InChI=1S/C15H14BrClN2O3/c1-8(2)22-13(20)7-18-15(21)12-5-9-3-4-10(16)6-11(9)14(17)19-12/h3-6,8H,7H2,1-2H3,(H,18,21). The van der Waals surface area contributed by atoms with Crippen molar-refractivity contribution in [1.29, 1.82) is 0 Å². The number of pyridine rings is 1. The third-order valence-corrected chi connectivity index (χ3v) is 3.52. The Bertz CT molecular complexity index is 734. The molecular weight excluding hydrogens is 372 g/mol. The zero-order valence-corrected chi connectivity index (χ0v) is 14.4. The van der Waals surface area contributed by atoms with E-state index < -0.39 is 11.9 Å². The molecule has 0 bridgehead atoms. The fourth-order valence-electron chi connectivity index (χ4n) is 1.84. The van der Waals surface area contributed by atoms with Crippen LogP contribution >= 0.6 is 27.5 Å². The molecule has 0 spiro atoms. The average Bonchev–Trinajstić information content (AvgIpc) is 2.44. The van der Waals surface area contributed by atoms with E-state index in [0.29, 0.717) is 0 Å². The Labute approximate surface area is 141 Å². The Morgan fingerprint density at radius 3 is 2.77 bits per heavy atom. The Kier molecular flexibility index (Phi) is 5.37. The number of nitrogens with one attached hydrogen (secondary N) is 1. The molecule has 0 aliphatic heterocycles. The molecule has 0 saturated carbocycles. The molecule has 0 atom stereocenters. The molecule has 1 heterocycles. The monoisotopic (exact) mass is 384 g/mol. The highest BCUT2D eigenvalue weighted by Crippen LogP contribution is 2.26. The molecule has 1 N–H and O–H groups in total. The lowest BCUT2D eigenvalue weighted by molar-refractivity contribution is -0.146. The fourth-order valence-corrected chi connectivity index (χ4v) is 2.46. The molecule has 1 aromatic carbocycles. The van der Waals surface area contributed by atoms with Crippen LogP contribution in [-0.4, -0.2) is 29.5 Å². The molecule has 1 aromatic heterocycles. The predicted octanol–water partition coefficient (Wildman–Crippen LogP) is 3.33. The van der Waals surface area contributed by atoms with Crippen LogP contribution in [0, 0.1) is 0 Å². The van der Waals surface area contributed by atoms with Gasteiger partial charge in [-0.15, -0.1) is 0 Å². The van der Waals surface area contributed by atoms with Gasteiger partial charge in [0.2, 0.25) is 0 Å². The van der Waals surface area contributed by atoms with Crippen molar-refractivity contribution in [2.24, 2.45) is 0 Å². The first-order chi connectivity index (χ1) is 10.4. The molecule has 0 saturated heterocycles. The summed E-state index contributed by atoms with van der Waals surface area (Å²) in [6.07, 6.45) is -0.226. The van der Waals surface area contributed by atoms with E-state index in [4.69, 9.17) is 16.3 Å². The molecule has 0 unspecified atom stereocenters. The van der Waals surface area contributed by atoms with Crippen LogP contribution in [0.2, 0.25) is 5.15 Å². The smallest absolute Gasteiger partial charge is 0.325 e. The minimum absolute atomic E-state index is 0.150. The number of hydrogen-bond acceptors (Lipinski definition) is 4. The SMILES string of the molecule is CC(C)OC(=O)CNC(=O)c1cc2ccc(Br)cc2c(Cl)n1. The van der Waals surface area contributed by atoms with Gasteiger partial charge in [-0.05, 0) is 37.4 Å². The molecule has 1 amide bonds. The first kappa shape index (κ1) is 16.7. The molecule has 0 aliphatic rings. The van der Waals surface area contributed by atoms with Gasteiger partial charge in [-0.1, -0.05) is 33.6 Å². The lowest BCUT2D eigenvalue weighted by Crippen LogP contribution is -2.32. The lowest BCUT2D eigenvalue weighted by Gasteiger charge is -2.09. The van der Waals surface area contributed by atoms with Gasteiger partial charge in [0.1, 0.15) is 17.4 Å². The summed E-state index contributed by atoms with van der Waals surface area (Å²) in [5.74, 6) is -0.980. The van der Waals surface area contributed by atoms with Crippen LogP contribution in [0.5, 0.6) is 0 Å². The second-order valence-corrected chi connectivity index (χ2v) is 6.16. The first-order valence-electron chi connectivity index (χ1n) is 6.60. The number of benzene rings is 1. The van der Waals surface area contributed by atoms with E-state index in [2.05, 4.69) is 26.2 Å². The number of aromatic nitrogens is 1. The van der Waals surface area contributed by atoms with Crippen molar-refractivity contribution in [3.8, 4) is 0 Å². The van der Waals surface area contributed by atoms with Gasteiger partial charge < -0.3 is 10.1 Å². The van der Waals surface area contributed by atoms with Crippen molar-refractivity contribution in [2.75, 3.05) is 6.54 Å². The van der Waals surface area contributed by atoms with Gasteiger partial charge in [-0.2, -0.15) is 0 Å². The Morgan fingerprint density at radius 1 is 1.36 bits per heavy atom. The number of hydrogen-bond donors (Lipinski definition) is 1. The molecule has 0 aliphatic carbocycles. The molecule has 116 valence electrons. The van der Waals surface area contributed by atoms with Gasteiger partial charge in [-0.3, -0.25) is 9.59 Å².